The van der Waals surface area contributed by atoms with Crippen LogP contribution in [0.4, 0.5) is 0 Å². The highest BCUT2D eigenvalue weighted by Gasteiger charge is 2.13. The Labute approximate surface area is 123 Å². The van der Waals surface area contributed by atoms with Crippen molar-refractivity contribution in [2.45, 2.75) is 12.7 Å². The van der Waals surface area contributed by atoms with Crippen LogP contribution in [0.5, 0.6) is 17.2 Å². The monoisotopic (exact) mass is 302 g/mol. The Morgan fingerprint density at radius 3 is 2.11 bits per heavy atom. The van der Waals surface area contributed by atoms with Crippen LogP contribution >= 0.6 is 24.0 Å². The molecule has 0 N–H and O–H groups in total. The van der Waals surface area contributed by atoms with Crippen LogP contribution in [-0.2, 0) is 10.5 Å². The standard InChI is InChI=1S/C13H18O4S2/c1-5-17-13(18)19-8-9-6-10(14-2)12(16-4)11(7-9)15-3/h6-7H,5,8H2,1-4H3. The zero-order valence-corrected chi connectivity index (χ0v) is 13.2. The average molecular weight is 302 g/mol. The van der Waals surface area contributed by atoms with Gasteiger partial charge in [-0.05, 0) is 36.8 Å². The maximum atomic E-state index is 5.30. The summed E-state index contributed by atoms with van der Waals surface area (Å²) in [5.74, 6) is 2.56. The van der Waals surface area contributed by atoms with E-state index in [1.165, 1.54) is 11.8 Å². The fraction of sp³-hybridized carbons (Fsp3) is 0.462. The predicted octanol–water partition coefficient (Wildman–Crippen LogP) is 3.27. The van der Waals surface area contributed by atoms with Crippen molar-refractivity contribution in [3.63, 3.8) is 0 Å². The Hall–Kier alpha value is -1.14. The van der Waals surface area contributed by atoms with Crippen LogP contribution in [0.2, 0.25) is 0 Å². The maximum Gasteiger partial charge on any atom is 0.220 e. The van der Waals surface area contributed by atoms with Crippen LogP contribution in [0.25, 0.3) is 0 Å². The van der Waals surface area contributed by atoms with Gasteiger partial charge in [-0.2, -0.15) is 0 Å². The molecule has 0 aliphatic carbocycles. The van der Waals surface area contributed by atoms with E-state index in [4.69, 9.17) is 31.2 Å². The summed E-state index contributed by atoms with van der Waals surface area (Å²) >= 11 is 6.54. The van der Waals surface area contributed by atoms with Gasteiger partial charge in [-0.1, -0.05) is 11.8 Å². The van der Waals surface area contributed by atoms with Gasteiger partial charge in [0.05, 0.1) is 27.9 Å². The van der Waals surface area contributed by atoms with Gasteiger partial charge in [-0.3, -0.25) is 0 Å². The van der Waals surface area contributed by atoms with Crippen LogP contribution in [0.15, 0.2) is 12.1 Å². The smallest absolute Gasteiger partial charge is 0.220 e. The highest BCUT2D eigenvalue weighted by Crippen LogP contribution is 2.39. The zero-order chi connectivity index (χ0) is 14.3. The minimum Gasteiger partial charge on any atom is -0.493 e. The lowest BCUT2D eigenvalue weighted by molar-refractivity contribution is 0.324. The van der Waals surface area contributed by atoms with Crippen molar-refractivity contribution in [3.8, 4) is 17.2 Å². The molecule has 0 amide bonds. The first-order chi connectivity index (χ1) is 9.15. The Morgan fingerprint density at radius 1 is 1.11 bits per heavy atom. The molecule has 1 aromatic rings. The molecule has 0 aliphatic rings. The molecule has 4 nitrogen and oxygen atoms in total. The number of thioether (sulfide) groups is 1. The Morgan fingerprint density at radius 2 is 1.68 bits per heavy atom. The van der Waals surface area contributed by atoms with E-state index < -0.39 is 0 Å². The van der Waals surface area contributed by atoms with E-state index in [0.29, 0.717) is 34.0 Å². The molecule has 19 heavy (non-hydrogen) atoms. The summed E-state index contributed by atoms with van der Waals surface area (Å²) in [6.45, 7) is 2.49. The van der Waals surface area contributed by atoms with Crippen LogP contribution in [-0.4, -0.2) is 32.3 Å². The molecule has 0 spiro atoms. The summed E-state index contributed by atoms with van der Waals surface area (Å²) in [7, 11) is 4.77. The quantitative estimate of drug-likeness (QED) is 0.751. The minimum absolute atomic E-state index is 0.538. The molecule has 1 aromatic carbocycles. The summed E-state index contributed by atoms with van der Waals surface area (Å²) in [5, 5.41) is 0. The van der Waals surface area contributed by atoms with Gasteiger partial charge in [0.1, 0.15) is 0 Å². The van der Waals surface area contributed by atoms with Gasteiger partial charge in [0, 0.05) is 5.75 Å². The normalized spacial score (nSPS) is 9.89. The van der Waals surface area contributed by atoms with Crippen LogP contribution in [0.3, 0.4) is 0 Å². The van der Waals surface area contributed by atoms with Gasteiger partial charge in [0.25, 0.3) is 0 Å². The molecule has 0 aliphatic heterocycles. The average Bonchev–Trinajstić information content (AvgIpc) is 2.44. The second-order valence-corrected chi connectivity index (χ2v) is 5.08. The van der Waals surface area contributed by atoms with E-state index in [1.807, 2.05) is 19.1 Å². The first-order valence-electron chi connectivity index (χ1n) is 5.74. The Bertz CT molecular complexity index is 410. The molecule has 1 rings (SSSR count). The number of benzene rings is 1. The number of ether oxygens (including phenoxy) is 4. The molecule has 0 bridgehead atoms. The SMILES string of the molecule is CCOC(=S)SCc1cc(OC)c(OC)c(OC)c1. The highest BCUT2D eigenvalue weighted by molar-refractivity contribution is 8.22. The molecule has 6 heteroatoms. The van der Waals surface area contributed by atoms with Crippen molar-refractivity contribution < 1.29 is 18.9 Å². The summed E-state index contributed by atoms with van der Waals surface area (Å²) in [4.78, 5) is 0. The predicted molar refractivity (Wildman–Crippen MR) is 81.6 cm³/mol. The lowest BCUT2D eigenvalue weighted by Crippen LogP contribution is -1.99. The van der Waals surface area contributed by atoms with Gasteiger partial charge in [-0.15, -0.1) is 0 Å². The summed E-state index contributed by atoms with van der Waals surface area (Å²) < 4.78 is 21.6. The number of hydrogen-bond acceptors (Lipinski definition) is 6. The van der Waals surface area contributed by atoms with Gasteiger partial charge in [0.2, 0.25) is 10.1 Å². The Kier molecular flexibility index (Phi) is 6.80. The van der Waals surface area contributed by atoms with E-state index in [1.54, 1.807) is 21.3 Å². The summed E-state index contributed by atoms with van der Waals surface area (Å²) in [5.41, 5.74) is 1.03. The van der Waals surface area contributed by atoms with Crippen LogP contribution < -0.4 is 14.2 Å². The highest BCUT2D eigenvalue weighted by atomic mass is 32.2. The van der Waals surface area contributed by atoms with Gasteiger partial charge < -0.3 is 18.9 Å². The van der Waals surface area contributed by atoms with Gasteiger partial charge in [-0.25, -0.2) is 0 Å². The summed E-state index contributed by atoms with van der Waals surface area (Å²) in [6.07, 6.45) is 0. The van der Waals surface area contributed by atoms with Crippen molar-refractivity contribution in [1.29, 1.82) is 0 Å². The Balaban J connectivity index is 2.87. The number of hydrogen-bond donors (Lipinski definition) is 0. The minimum atomic E-state index is 0.538. The molecule has 0 unspecified atom stereocenters. The second kappa shape index (κ2) is 8.12. The van der Waals surface area contributed by atoms with E-state index in [-0.39, 0.29) is 0 Å². The molecule has 0 saturated heterocycles. The largest absolute Gasteiger partial charge is 0.493 e. The molecular weight excluding hydrogens is 284 g/mol. The molecule has 0 heterocycles. The number of methoxy groups -OCH3 is 3. The topological polar surface area (TPSA) is 36.9 Å². The molecule has 0 fully saturated rings. The van der Waals surface area contributed by atoms with Crippen molar-refractivity contribution in [1.82, 2.24) is 0 Å². The lowest BCUT2D eigenvalue weighted by atomic mass is 10.2. The first-order valence-corrected chi connectivity index (χ1v) is 7.14. The van der Waals surface area contributed by atoms with E-state index in [0.717, 1.165) is 5.56 Å². The van der Waals surface area contributed by atoms with Crippen molar-refractivity contribution in [2.24, 2.45) is 0 Å². The number of thiocarbonyl (C=S) groups is 1. The molecule has 0 radical (unpaired) electrons. The maximum absolute atomic E-state index is 5.30. The third-order valence-electron chi connectivity index (χ3n) is 2.34. The van der Waals surface area contributed by atoms with Crippen LogP contribution in [0, 0.1) is 0 Å². The molecule has 0 atom stereocenters. The zero-order valence-electron chi connectivity index (χ0n) is 11.5. The van der Waals surface area contributed by atoms with Gasteiger partial charge >= 0.3 is 0 Å². The van der Waals surface area contributed by atoms with E-state index in [9.17, 15) is 0 Å². The number of rotatable bonds is 6. The molecule has 0 aromatic heterocycles. The van der Waals surface area contributed by atoms with Crippen molar-refractivity contribution in [3.05, 3.63) is 17.7 Å². The fourth-order valence-electron chi connectivity index (χ4n) is 1.52. The molecule has 0 saturated carbocycles. The van der Waals surface area contributed by atoms with Crippen molar-refractivity contribution >= 4 is 28.4 Å². The first kappa shape index (κ1) is 15.9. The third kappa shape index (κ3) is 4.47. The second-order valence-electron chi connectivity index (χ2n) is 3.51. The summed E-state index contributed by atoms with van der Waals surface area (Å²) in [6, 6.07) is 3.81. The lowest BCUT2D eigenvalue weighted by Gasteiger charge is -2.14. The molecular formula is C13H18O4S2. The van der Waals surface area contributed by atoms with Gasteiger partial charge in [0.15, 0.2) is 11.5 Å². The van der Waals surface area contributed by atoms with Crippen molar-refractivity contribution in [2.75, 3.05) is 27.9 Å². The van der Waals surface area contributed by atoms with E-state index in [2.05, 4.69) is 0 Å². The van der Waals surface area contributed by atoms with E-state index >= 15 is 0 Å². The third-order valence-corrected chi connectivity index (χ3v) is 3.65. The fourth-order valence-corrected chi connectivity index (χ4v) is 2.47. The molecule has 106 valence electrons. The van der Waals surface area contributed by atoms with Crippen LogP contribution in [0.1, 0.15) is 12.5 Å².